The van der Waals surface area contributed by atoms with E-state index in [1.54, 1.807) is 12.1 Å². The lowest BCUT2D eigenvalue weighted by atomic mass is 10.1. The second-order valence-electron chi connectivity index (χ2n) is 5.15. The molecule has 0 radical (unpaired) electrons. The topological polar surface area (TPSA) is 78.4 Å². The van der Waals surface area contributed by atoms with Crippen molar-refractivity contribution in [2.45, 2.75) is 50.3 Å². The van der Waals surface area contributed by atoms with Crippen LogP contribution in [0.15, 0.2) is 29.2 Å². The van der Waals surface area contributed by atoms with Crippen LogP contribution >= 0.6 is 12.2 Å². The molecule has 1 aromatic carbocycles. The lowest BCUT2D eigenvalue weighted by Crippen LogP contribution is -2.29. The molecular formula is C15H24N2O3S2. The Balaban J connectivity index is 2.25. The van der Waals surface area contributed by atoms with Gasteiger partial charge in [0.25, 0.3) is 10.1 Å². The maximum atomic E-state index is 10.9. The normalized spacial score (nSPS) is 11.2. The maximum Gasteiger partial charge on any atom is 0.294 e. The Morgan fingerprint density at radius 3 is 2.27 bits per heavy atom. The van der Waals surface area contributed by atoms with E-state index in [0.29, 0.717) is 10.8 Å². The first kappa shape index (κ1) is 18.9. The lowest BCUT2D eigenvalue weighted by Gasteiger charge is -2.10. The SMILES string of the molecule is CCCCCCCCNC(=S)Nc1ccc(S(=O)(=O)O)cc1. The summed E-state index contributed by atoms with van der Waals surface area (Å²) in [5.74, 6) is 0. The minimum atomic E-state index is -4.15. The van der Waals surface area contributed by atoms with Crippen LogP contribution in [0.4, 0.5) is 5.69 Å². The Labute approximate surface area is 138 Å². The van der Waals surface area contributed by atoms with E-state index < -0.39 is 10.1 Å². The van der Waals surface area contributed by atoms with Gasteiger partial charge in [0.1, 0.15) is 0 Å². The molecule has 0 aliphatic rings. The van der Waals surface area contributed by atoms with Crippen LogP contribution in [0, 0.1) is 0 Å². The van der Waals surface area contributed by atoms with E-state index in [1.807, 2.05) is 0 Å². The molecule has 1 rings (SSSR count). The summed E-state index contributed by atoms with van der Waals surface area (Å²) in [4.78, 5) is -0.135. The van der Waals surface area contributed by atoms with Gasteiger partial charge in [0.2, 0.25) is 0 Å². The molecule has 0 aliphatic carbocycles. The zero-order valence-electron chi connectivity index (χ0n) is 12.8. The number of thiocarbonyl (C=S) groups is 1. The molecule has 0 aliphatic heterocycles. The van der Waals surface area contributed by atoms with E-state index in [2.05, 4.69) is 17.6 Å². The number of rotatable bonds is 9. The second kappa shape index (κ2) is 9.76. The maximum absolute atomic E-state index is 10.9. The summed E-state index contributed by atoms with van der Waals surface area (Å²) >= 11 is 5.17. The minimum absolute atomic E-state index is 0.135. The molecule has 0 atom stereocenters. The predicted molar refractivity (Wildman–Crippen MR) is 93.9 cm³/mol. The van der Waals surface area contributed by atoms with Crippen LogP contribution in [0.3, 0.4) is 0 Å². The molecule has 3 N–H and O–H groups in total. The Morgan fingerprint density at radius 2 is 1.68 bits per heavy atom. The van der Waals surface area contributed by atoms with Gasteiger partial charge in [-0.3, -0.25) is 4.55 Å². The van der Waals surface area contributed by atoms with Gasteiger partial charge in [0.05, 0.1) is 4.90 Å². The number of hydrogen-bond acceptors (Lipinski definition) is 3. The standard InChI is InChI=1S/C15H24N2O3S2/c1-2-3-4-5-6-7-12-16-15(21)17-13-8-10-14(11-9-13)22(18,19)20/h8-11H,2-7,12H2,1H3,(H2,16,17,21)(H,18,19,20). The highest BCUT2D eigenvalue weighted by Crippen LogP contribution is 2.13. The molecular weight excluding hydrogens is 320 g/mol. The zero-order valence-corrected chi connectivity index (χ0v) is 14.5. The Hall–Kier alpha value is -1.18. The first-order valence-corrected chi connectivity index (χ1v) is 9.40. The summed E-state index contributed by atoms with van der Waals surface area (Å²) in [5, 5.41) is 6.60. The Morgan fingerprint density at radius 1 is 1.09 bits per heavy atom. The van der Waals surface area contributed by atoms with Crippen molar-refractivity contribution in [3.8, 4) is 0 Å². The number of benzene rings is 1. The van der Waals surface area contributed by atoms with E-state index >= 15 is 0 Å². The van der Waals surface area contributed by atoms with Gasteiger partial charge in [-0.15, -0.1) is 0 Å². The number of hydrogen-bond donors (Lipinski definition) is 3. The van der Waals surface area contributed by atoms with Crippen LogP contribution in [-0.4, -0.2) is 24.6 Å². The molecule has 0 amide bonds. The van der Waals surface area contributed by atoms with E-state index in [4.69, 9.17) is 16.8 Å². The van der Waals surface area contributed by atoms with Crippen molar-refractivity contribution in [3.05, 3.63) is 24.3 Å². The molecule has 0 bridgehead atoms. The molecule has 0 fully saturated rings. The summed E-state index contributed by atoms with van der Waals surface area (Å²) in [6, 6.07) is 5.77. The highest BCUT2D eigenvalue weighted by atomic mass is 32.2. The molecule has 0 heterocycles. The smallest absolute Gasteiger partial charge is 0.294 e. The van der Waals surface area contributed by atoms with Crippen molar-refractivity contribution in [2.75, 3.05) is 11.9 Å². The largest absolute Gasteiger partial charge is 0.362 e. The lowest BCUT2D eigenvalue weighted by molar-refractivity contribution is 0.483. The van der Waals surface area contributed by atoms with Crippen molar-refractivity contribution in [2.24, 2.45) is 0 Å². The third-order valence-electron chi connectivity index (χ3n) is 3.23. The van der Waals surface area contributed by atoms with Gasteiger partial charge in [-0.2, -0.15) is 8.42 Å². The van der Waals surface area contributed by atoms with Crippen LogP contribution in [0.5, 0.6) is 0 Å². The van der Waals surface area contributed by atoms with Gasteiger partial charge in [-0.1, -0.05) is 39.0 Å². The van der Waals surface area contributed by atoms with Gasteiger partial charge in [-0.25, -0.2) is 0 Å². The molecule has 0 saturated carbocycles. The molecule has 0 spiro atoms. The summed E-state index contributed by atoms with van der Waals surface area (Å²) in [5.41, 5.74) is 0.674. The van der Waals surface area contributed by atoms with Crippen molar-refractivity contribution < 1.29 is 13.0 Å². The molecule has 7 heteroatoms. The molecule has 0 saturated heterocycles. The van der Waals surface area contributed by atoms with Crippen LogP contribution in [0.25, 0.3) is 0 Å². The third-order valence-corrected chi connectivity index (χ3v) is 4.34. The summed E-state index contributed by atoms with van der Waals surface area (Å²) in [6.45, 7) is 3.02. The highest BCUT2D eigenvalue weighted by Gasteiger charge is 2.08. The van der Waals surface area contributed by atoms with E-state index in [1.165, 1.54) is 44.2 Å². The highest BCUT2D eigenvalue weighted by molar-refractivity contribution is 7.85. The van der Waals surface area contributed by atoms with Crippen molar-refractivity contribution in [3.63, 3.8) is 0 Å². The molecule has 5 nitrogen and oxygen atoms in total. The monoisotopic (exact) mass is 344 g/mol. The van der Waals surface area contributed by atoms with Crippen LogP contribution in [-0.2, 0) is 10.1 Å². The average Bonchev–Trinajstić information content (AvgIpc) is 2.46. The quantitative estimate of drug-likeness (QED) is 0.361. The van der Waals surface area contributed by atoms with Crippen molar-refractivity contribution in [1.29, 1.82) is 0 Å². The molecule has 1 aromatic rings. The van der Waals surface area contributed by atoms with Gasteiger partial charge in [-0.05, 0) is 42.9 Å². The molecule has 124 valence electrons. The van der Waals surface area contributed by atoms with Crippen molar-refractivity contribution in [1.82, 2.24) is 5.32 Å². The van der Waals surface area contributed by atoms with E-state index in [0.717, 1.165) is 13.0 Å². The molecule has 22 heavy (non-hydrogen) atoms. The van der Waals surface area contributed by atoms with Gasteiger partial charge < -0.3 is 10.6 Å². The fourth-order valence-electron chi connectivity index (χ4n) is 1.99. The second-order valence-corrected chi connectivity index (χ2v) is 6.98. The van der Waals surface area contributed by atoms with E-state index in [-0.39, 0.29) is 4.90 Å². The fourth-order valence-corrected chi connectivity index (χ4v) is 2.69. The predicted octanol–water partition coefficient (Wildman–Crippen LogP) is 3.58. The van der Waals surface area contributed by atoms with Crippen LogP contribution in [0.2, 0.25) is 0 Å². The van der Waals surface area contributed by atoms with Gasteiger partial charge >= 0.3 is 0 Å². The van der Waals surface area contributed by atoms with E-state index in [9.17, 15) is 8.42 Å². The first-order valence-electron chi connectivity index (χ1n) is 7.56. The number of nitrogens with one attached hydrogen (secondary N) is 2. The number of unbranched alkanes of at least 4 members (excludes halogenated alkanes) is 5. The molecule has 0 aromatic heterocycles. The summed E-state index contributed by atoms with van der Waals surface area (Å²) < 4.78 is 30.8. The number of anilines is 1. The average molecular weight is 345 g/mol. The van der Waals surface area contributed by atoms with Crippen LogP contribution in [0.1, 0.15) is 45.4 Å². The molecule has 0 unspecified atom stereocenters. The first-order chi connectivity index (χ1) is 10.4. The third kappa shape index (κ3) is 7.72. The van der Waals surface area contributed by atoms with Crippen molar-refractivity contribution >= 4 is 33.1 Å². The zero-order chi connectivity index (χ0) is 16.4. The Kier molecular flexibility index (Phi) is 8.37. The van der Waals surface area contributed by atoms with Gasteiger partial charge in [0, 0.05) is 12.2 Å². The van der Waals surface area contributed by atoms with Gasteiger partial charge in [0.15, 0.2) is 5.11 Å². The fraction of sp³-hybridized carbons (Fsp3) is 0.533. The Bertz CT molecular complexity index is 557. The van der Waals surface area contributed by atoms with Crippen LogP contribution < -0.4 is 10.6 Å². The summed E-state index contributed by atoms with van der Waals surface area (Å²) in [6.07, 6.45) is 7.37. The minimum Gasteiger partial charge on any atom is -0.362 e. The summed E-state index contributed by atoms with van der Waals surface area (Å²) in [7, 11) is -4.15.